The first-order valence-electron chi connectivity index (χ1n) is 25.3. The minimum absolute atomic E-state index is 0.00307. The fourth-order valence-electron chi connectivity index (χ4n) is 9.92. The summed E-state index contributed by atoms with van der Waals surface area (Å²) in [6.07, 6.45) is 11.9. The van der Waals surface area contributed by atoms with Crippen LogP contribution in [0.15, 0.2) is 110 Å². The molecule has 408 valence electrons. The van der Waals surface area contributed by atoms with Crippen LogP contribution in [0.3, 0.4) is 0 Å². The van der Waals surface area contributed by atoms with Crippen LogP contribution < -0.4 is 31.9 Å². The third-order valence-corrected chi connectivity index (χ3v) is 14.0. The number of nitro benzene ring substituents is 3. The highest BCUT2D eigenvalue weighted by Gasteiger charge is 2.40. The minimum Gasteiger partial charge on any atom is -0.325 e. The van der Waals surface area contributed by atoms with E-state index in [4.69, 9.17) is 0 Å². The average molecular weight is 1080 g/mol. The molecule has 3 unspecified atom stereocenters. The molecule has 0 saturated heterocycles. The smallest absolute Gasteiger partial charge is 0.293 e. The Kier molecular flexibility index (Phi) is 17.9. The summed E-state index contributed by atoms with van der Waals surface area (Å²) in [5.41, 5.74) is 3.58. The van der Waals surface area contributed by atoms with Crippen molar-refractivity contribution in [2.75, 3.05) is 31.9 Å². The Morgan fingerprint density at radius 1 is 0.494 bits per heavy atom. The summed E-state index contributed by atoms with van der Waals surface area (Å²) < 4.78 is 0. The van der Waals surface area contributed by atoms with E-state index in [2.05, 4.69) is 46.9 Å². The summed E-state index contributed by atoms with van der Waals surface area (Å²) in [7, 11) is 0. The first kappa shape index (κ1) is 56.8. The van der Waals surface area contributed by atoms with Crippen LogP contribution >= 0.6 is 0 Å². The minimum atomic E-state index is -0.570. The van der Waals surface area contributed by atoms with Crippen LogP contribution in [0.4, 0.5) is 51.2 Å². The SMILES string of the molecule is CC(C)C1C(=O)Nc2cc(NC(=O)c3cccnc3)c([N+](=O)[O-])cc21.CCC(CC)C1C(=O)Nc2cc(NC(=O)c3cccnc3)c([N+](=O)[O-])cc21.CCC(CC)C1C(=O)Nc2cc(NC(=O)c3ccncc3)c([N+](=O)[O-])cc21. The van der Waals surface area contributed by atoms with Gasteiger partial charge in [0, 0.05) is 78.0 Å². The van der Waals surface area contributed by atoms with Gasteiger partial charge in [-0.05, 0) is 89.0 Å². The zero-order valence-corrected chi connectivity index (χ0v) is 43.8. The fraction of sp³-hybridized carbons (Fsp3) is 0.291. The predicted octanol–water partition coefficient (Wildman–Crippen LogP) is 10.4. The average Bonchev–Trinajstić information content (AvgIpc) is 4.24. The van der Waals surface area contributed by atoms with Crippen LogP contribution in [-0.4, -0.2) is 65.2 Å². The number of carbonyl (C=O) groups is 6. The molecule has 0 bridgehead atoms. The molecule has 0 fully saturated rings. The molecule has 6 amide bonds. The molecule has 3 aliphatic heterocycles. The molecule has 6 N–H and O–H groups in total. The number of nitrogens with one attached hydrogen (secondary N) is 6. The van der Waals surface area contributed by atoms with Gasteiger partial charge < -0.3 is 31.9 Å². The molecule has 0 spiro atoms. The number of hydrogen-bond donors (Lipinski definition) is 6. The summed E-state index contributed by atoms with van der Waals surface area (Å²) in [5, 5.41) is 50.5. The lowest BCUT2D eigenvalue weighted by Gasteiger charge is -2.19. The Balaban J connectivity index is 0.000000172. The van der Waals surface area contributed by atoms with Gasteiger partial charge in [-0.3, -0.25) is 74.1 Å². The van der Waals surface area contributed by atoms with E-state index < -0.39 is 50.2 Å². The molecule has 3 aromatic carbocycles. The maximum absolute atomic E-state index is 12.5. The first-order chi connectivity index (χ1) is 37.8. The summed E-state index contributed by atoms with van der Waals surface area (Å²) >= 11 is 0. The quantitative estimate of drug-likeness (QED) is 0.0388. The Bertz CT molecular complexity index is 3210. The third kappa shape index (κ3) is 12.5. The lowest BCUT2D eigenvalue weighted by Crippen LogP contribution is -2.20. The molecule has 6 aromatic rings. The molecule has 0 aliphatic carbocycles. The number of amides is 6. The third-order valence-electron chi connectivity index (χ3n) is 14.0. The lowest BCUT2D eigenvalue weighted by atomic mass is 9.83. The van der Waals surface area contributed by atoms with Crippen molar-refractivity contribution in [2.45, 2.75) is 85.0 Å². The van der Waals surface area contributed by atoms with Crippen LogP contribution in [-0.2, 0) is 14.4 Å². The number of nitrogens with zero attached hydrogens (tertiary/aromatic N) is 6. The number of nitro groups is 3. The van der Waals surface area contributed by atoms with E-state index in [0.717, 1.165) is 25.7 Å². The standard InChI is InChI=1S/2C19H20N4O4.C17H16N4O4/c1-3-11(4-2)17-13-9-16(23(26)27)15(10-14(13)21-19(17)25)22-18(24)12-5-7-20-8-6-12;1-3-11(4-2)17-13-8-16(23(26)27)15(9-14(13)21-19(17)25)22-18(24)12-6-5-7-20-10-12;1-9(2)15-11-6-14(21(24)25)13(7-12(11)19-17(15)23)20-16(22)10-4-3-5-18-8-10/h2*5-11,17H,3-4H2,1-2H3,(H,21,25)(H,22,24);3-9,15H,1-2H3,(H,19,23)(H,20,22). The lowest BCUT2D eigenvalue weighted by molar-refractivity contribution is -0.384. The van der Waals surface area contributed by atoms with Gasteiger partial charge in [0.15, 0.2) is 0 Å². The van der Waals surface area contributed by atoms with E-state index in [1.165, 1.54) is 85.7 Å². The van der Waals surface area contributed by atoms with Gasteiger partial charge in [0.05, 0.1) is 43.7 Å². The normalized spacial score (nSPS) is 15.5. The zero-order valence-electron chi connectivity index (χ0n) is 43.8. The molecular formula is C55H56N12O12. The maximum Gasteiger partial charge on any atom is 0.293 e. The Morgan fingerprint density at radius 3 is 1.13 bits per heavy atom. The molecule has 3 aromatic heterocycles. The number of hydrogen-bond acceptors (Lipinski definition) is 15. The number of rotatable bonds is 16. The molecule has 0 saturated carbocycles. The second kappa shape index (κ2) is 24.9. The number of fused-ring (bicyclic) bond motifs is 3. The molecule has 3 aliphatic rings. The maximum atomic E-state index is 12.5. The molecule has 24 nitrogen and oxygen atoms in total. The van der Waals surface area contributed by atoms with Gasteiger partial charge in [-0.15, -0.1) is 0 Å². The van der Waals surface area contributed by atoms with E-state index >= 15 is 0 Å². The zero-order chi connectivity index (χ0) is 57.2. The van der Waals surface area contributed by atoms with Crippen molar-refractivity contribution in [3.8, 4) is 0 Å². The van der Waals surface area contributed by atoms with Gasteiger partial charge in [-0.1, -0.05) is 67.2 Å². The van der Waals surface area contributed by atoms with Crippen LogP contribution in [0.1, 0.15) is 133 Å². The summed E-state index contributed by atoms with van der Waals surface area (Å²) in [5.74, 6) is -3.12. The molecular weight excluding hydrogens is 1020 g/mol. The van der Waals surface area contributed by atoms with Crippen LogP contribution in [0.25, 0.3) is 0 Å². The molecule has 0 radical (unpaired) electrons. The summed E-state index contributed by atoms with van der Waals surface area (Å²) in [6.45, 7) is 11.7. The van der Waals surface area contributed by atoms with Gasteiger partial charge in [-0.2, -0.15) is 0 Å². The highest BCUT2D eigenvalue weighted by Crippen LogP contribution is 2.47. The van der Waals surface area contributed by atoms with Crippen molar-refractivity contribution >= 4 is 86.6 Å². The van der Waals surface area contributed by atoms with Gasteiger partial charge in [0.25, 0.3) is 34.8 Å². The number of carbonyl (C=O) groups excluding carboxylic acids is 6. The molecule has 9 rings (SSSR count). The Morgan fingerprint density at radius 2 is 0.823 bits per heavy atom. The van der Waals surface area contributed by atoms with Crippen molar-refractivity contribution < 1.29 is 43.5 Å². The van der Waals surface area contributed by atoms with Gasteiger partial charge in [0.1, 0.15) is 17.1 Å². The Labute approximate surface area is 452 Å². The van der Waals surface area contributed by atoms with Crippen LogP contribution in [0.5, 0.6) is 0 Å². The van der Waals surface area contributed by atoms with E-state index in [1.54, 1.807) is 24.3 Å². The van der Waals surface area contributed by atoms with E-state index in [1.807, 2.05) is 41.5 Å². The van der Waals surface area contributed by atoms with Crippen molar-refractivity contribution in [2.24, 2.45) is 17.8 Å². The van der Waals surface area contributed by atoms with Crippen LogP contribution in [0, 0.1) is 48.1 Å². The molecule has 3 atom stereocenters. The molecule has 6 heterocycles. The Hall–Kier alpha value is -9.87. The highest BCUT2D eigenvalue weighted by atomic mass is 16.6. The number of pyridine rings is 3. The summed E-state index contributed by atoms with van der Waals surface area (Å²) in [4.78, 5) is 119. The number of aromatic nitrogens is 3. The monoisotopic (exact) mass is 1080 g/mol. The number of anilines is 6. The highest BCUT2D eigenvalue weighted by molar-refractivity contribution is 6.11. The van der Waals surface area contributed by atoms with Crippen molar-refractivity contribution in [3.05, 3.63) is 174 Å². The van der Waals surface area contributed by atoms with Crippen molar-refractivity contribution in [3.63, 3.8) is 0 Å². The van der Waals surface area contributed by atoms with E-state index in [9.17, 15) is 59.1 Å². The van der Waals surface area contributed by atoms with Crippen LogP contribution in [0.2, 0.25) is 0 Å². The fourth-order valence-corrected chi connectivity index (χ4v) is 9.92. The molecule has 24 heteroatoms. The van der Waals surface area contributed by atoms with Gasteiger partial charge in [-0.25, -0.2) is 0 Å². The van der Waals surface area contributed by atoms with Crippen molar-refractivity contribution in [1.29, 1.82) is 0 Å². The van der Waals surface area contributed by atoms with E-state index in [0.29, 0.717) is 39.3 Å². The molecule has 79 heavy (non-hydrogen) atoms. The van der Waals surface area contributed by atoms with Crippen molar-refractivity contribution in [1.82, 2.24) is 15.0 Å². The topological polar surface area (TPSA) is 343 Å². The largest absolute Gasteiger partial charge is 0.325 e. The second-order valence-corrected chi connectivity index (χ2v) is 19.0. The number of benzene rings is 3. The second-order valence-electron chi connectivity index (χ2n) is 19.0. The van der Waals surface area contributed by atoms with E-state index in [-0.39, 0.29) is 80.7 Å². The predicted molar refractivity (Wildman–Crippen MR) is 293 cm³/mol. The van der Waals surface area contributed by atoms with Gasteiger partial charge >= 0.3 is 0 Å². The first-order valence-corrected chi connectivity index (χ1v) is 25.3. The summed E-state index contributed by atoms with van der Waals surface area (Å²) in [6, 6.07) is 17.9. The van der Waals surface area contributed by atoms with Gasteiger partial charge in [0.2, 0.25) is 17.7 Å².